The fourth-order valence-corrected chi connectivity index (χ4v) is 3.52. The van der Waals surface area contributed by atoms with Crippen molar-refractivity contribution >= 4 is 17.5 Å². The molecule has 2 aliphatic rings. The van der Waals surface area contributed by atoms with E-state index in [1.807, 2.05) is 30.0 Å². The molecule has 0 aromatic heterocycles. The lowest BCUT2D eigenvalue weighted by Gasteiger charge is -2.36. The van der Waals surface area contributed by atoms with Gasteiger partial charge in [0.2, 0.25) is 11.8 Å². The molecule has 0 aliphatic carbocycles. The highest BCUT2D eigenvalue weighted by molar-refractivity contribution is 5.93. The molecule has 0 spiro atoms. The van der Waals surface area contributed by atoms with E-state index in [4.69, 9.17) is 9.47 Å². The van der Waals surface area contributed by atoms with E-state index in [-0.39, 0.29) is 11.8 Å². The summed E-state index contributed by atoms with van der Waals surface area (Å²) in [6.45, 7) is 8.48. The largest absolute Gasteiger partial charge is 0.495 e. The number of anilines is 1. The van der Waals surface area contributed by atoms with Gasteiger partial charge in [-0.1, -0.05) is 6.07 Å². The van der Waals surface area contributed by atoms with Crippen molar-refractivity contribution in [2.24, 2.45) is 0 Å². The fraction of sp³-hybridized carbons (Fsp3) is 0.600. The van der Waals surface area contributed by atoms with Crippen LogP contribution >= 0.6 is 0 Å². The van der Waals surface area contributed by atoms with Crippen molar-refractivity contribution < 1.29 is 19.1 Å². The maximum absolute atomic E-state index is 12.5. The van der Waals surface area contributed by atoms with Gasteiger partial charge in [0, 0.05) is 39.3 Å². The quantitative estimate of drug-likeness (QED) is 0.759. The Morgan fingerprint density at radius 2 is 1.71 bits per heavy atom. The van der Waals surface area contributed by atoms with Crippen LogP contribution in [0, 0.1) is 6.92 Å². The molecule has 1 aromatic carbocycles. The normalized spacial score (nSPS) is 18.7. The molecule has 0 bridgehead atoms. The van der Waals surface area contributed by atoms with Gasteiger partial charge in [-0.15, -0.1) is 0 Å². The third-order valence-corrected chi connectivity index (χ3v) is 5.18. The number of piperazine rings is 1. The number of rotatable bonds is 6. The molecule has 0 saturated carbocycles. The maximum atomic E-state index is 12.5. The van der Waals surface area contributed by atoms with E-state index < -0.39 is 0 Å². The smallest absolute Gasteiger partial charge is 0.238 e. The van der Waals surface area contributed by atoms with Crippen LogP contribution < -0.4 is 10.1 Å². The summed E-state index contributed by atoms with van der Waals surface area (Å²) in [7, 11) is 1.59. The molecule has 0 atom stereocenters. The summed E-state index contributed by atoms with van der Waals surface area (Å²) in [5.74, 6) is 0.741. The van der Waals surface area contributed by atoms with Crippen LogP contribution in [0.2, 0.25) is 0 Å². The van der Waals surface area contributed by atoms with Crippen LogP contribution in [0.25, 0.3) is 0 Å². The van der Waals surface area contributed by atoms with Crippen LogP contribution in [0.3, 0.4) is 0 Å². The molecule has 28 heavy (non-hydrogen) atoms. The Balaban J connectivity index is 1.43. The van der Waals surface area contributed by atoms with Crippen LogP contribution in [0.4, 0.5) is 5.69 Å². The Hall–Kier alpha value is -2.16. The van der Waals surface area contributed by atoms with Crippen LogP contribution in [-0.2, 0) is 14.3 Å². The van der Waals surface area contributed by atoms with Gasteiger partial charge in [-0.2, -0.15) is 0 Å². The molecule has 2 fully saturated rings. The number of ether oxygens (including phenoxy) is 2. The molecule has 2 amide bonds. The second-order valence-electron chi connectivity index (χ2n) is 7.30. The molecule has 1 N–H and O–H groups in total. The number of carbonyl (C=O) groups excluding carboxylic acids is 2. The molecule has 3 rings (SSSR count). The Bertz CT molecular complexity index is 683. The lowest BCUT2D eigenvalue weighted by atomic mass is 10.2. The van der Waals surface area contributed by atoms with Gasteiger partial charge in [0.15, 0.2) is 0 Å². The average Bonchev–Trinajstić information content (AvgIpc) is 2.69. The van der Waals surface area contributed by atoms with Crippen LogP contribution in [0.15, 0.2) is 18.2 Å². The Morgan fingerprint density at radius 1 is 1.04 bits per heavy atom. The molecular weight excluding hydrogens is 360 g/mol. The number of hydrogen-bond donors (Lipinski definition) is 1. The second-order valence-corrected chi connectivity index (χ2v) is 7.30. The van der Waals surface area contributed by atoms with E-state index in [1.165, 1.54) is 0 Å². The third kappa shape index (κ3) is 5.67. The van der Waals surface area contributed by atoms with E-state index in [9.17, 15) is 9.59 Å². The van der Waals surface area contributed by atoms with Gasteiger partial charge in [0.25, 0.3) is 0 Å². The number of amides is 2. The van der Waals surface area contributed by atoms with Crippen molar-refractivity contribution in [2.75, 3.05) is 78.0 Å². The number of nitrogens with zero attached hydrogens (tertiary/aromatic N) is 3. The van der Waals surface area contributed by atoms with E-state index in [0.717, 1.165) is 18.7 Å². The second kappa shape index (κ2) is 9.86. The van der Waals surface area contributed by atoms with Gasteiger partial charge in [-0.05, 0) is 24.6 Å². The number of morpholine rings is 1. The van der Waals surface area contributed by atoms with Crippen molar-refractivity contribution in [1.29, 1.82) is 0 Å². The van der Waals surface area contributed by atoms with Gasteiger partial charge in [-0.25, -0.2) is 0 Å². The SMILES string of the molecule is COc1ccc(C)cc1NC(=O)CN1CCN(C(=O)CN2CCOCC2)CC1. The van der Waals surface area contributed by atoms with Gasteiger partial charge in [0.1, 0.15) is 5.75 Å². The van der Waals surface area contributed by atoms with E-state index in [0.29, 0.717) is 63.9 Å². The van der Waals surface area contributed by atoms with Crippen LogP contribution in [-0.4, -0.2) is 99.2 Å². The Morgan fingerprint density at radius 3 is 2.39 bits per heavy atom. The Labute approximate surface area is 166 Å². The zero-order chi connectivity index (χ0) is 19.9. The lowest BCUT2D eigenvalue weighted by Crippen LogP contribution is -2.53. The van der Waals surface area contributed by atoms with Gasteiger partial charge in [-0.3, -0.25) is 19.4 Å². The summed E-state index contributed by atoms with van der Waals surface area (Å²) >= 11 is 0. The van der Waals surface area contributed by atoms with Crippen molar-refractivity contribution in [2.45, 2.75) is 6.92 Å². The van der Waals surface area contributed by atoms with Gasteiger partial charge in [0.05, 0.1) is 39.1 Å². The summed E-state index contributed by atoms with van der Waals surface area (Å²) in [5.41, 5.74) is 1.75. The molecule has 8 heteroatoms. The fourth-order valence-electron chi connectivity index (χ4n) is 3.52. The molecule has 0 radical (unpaired) electrons. The molecule has 2 aliphatic heterocycles. The topological polar surface area (TPSA) is 74.4 Å². The van der Waals surface area contributed by atoms with Crippen LogP contribution in [0.1, 0.15) is 5.56 Å². The predicted octanol–water partition coefficient (Wildman–Crippen LogP) is 0.419. The van der Waals surface area contributed by atoms with Gasteiger partial charge < -0.3 is 19.7 Å². The number of carbonyl (C=O) groups is 2. The third-order valence-electron chi connectivity index (χ3n) is 5.18. The molecule has 2 saturated heterocycles. The maximum Gasteiger partial charge on any atom is 0.238 e. The molecule has 0 unspecified atom stereocenters. The zero-order valence-corrected chi connectivity index (χ0v) is 16.8. The summed E-state index contributed by atoms with van der Waals surface area (Å²) in [5, 5.41) is 2.93. The molecule has 8 nitrogen and oxygen atoms in total. The highest BCUT2D eigenvalue weighted by Gasteiger charge is 2.24. The number of methoxy groups -OCH3 is 1. The van der Waals surface area contributed by atoms with Crippen molar-refractivity contribution in [1.82, 2.24) is 14.7 Å². The zero-order valence-electron chi connectivity index (χ0n) is 16.8. The first-order valence-electron chi connectivity index (χ1n) is 9.80. The number of nitrogens with one attached hydrogen (secondary N) is 1. The monoisotopic (exact) mass is 390 g/mol. The van der Waals surface area contributed by atoms with Crippen molar-refractivity contribution in [3.63, 3.8) is 0 Å². The van der Waals surface area contributed by atoms with Crippen LogP contribution in [0.5, 0.6) is 5.75 Å². The molecule has 2 heterocycles. The summed E-state index contributed by atoms with van der Waals surface area (Å²) in [6, 6.07) is 5.70. The summed E-state index contributed by atoms with van der Waals surface area (Å²) in [6.07, 6.45) is 0. The first-order chi connectivity index (χ1) is 13.5. The van der Waals surface area contributed by atoms with Crippen molar-refractivity contribution in [3.05, 3.63) is 23.8 Å². The predicted molar refractivity (Wildman–Crippen MR) is 107 cm³/mol. The minimum Gasteiger partial charge on any atom is -0.495 e. The first kappa shape index (κ1) is 20.6. The number of aryl methyl sites for hydroxylation is 1. The number of hydrogen-bond acceptors (Lipinski definition) is 6. The minimum atomic E-state index is -0.0722. The highest BCUT2D eigenvalue weighted by atomic mass is 16.5. The average molecular weight is 390 g/mol. The lowest BCUT2D eigenvalue weighted by molar-refractivity contribution is -0.135. The number of benzene rings is 1. The van der Waals surface area contributed by atoms with E-state index in [1.54, 1.807) is 7.11 Å². The standard InChI is InChI=1S/C20H30N4O4/c1-16-3-4-18(27-2)17(13-16)21-19(25)14-22-5-7-24(8-6-22)20(26)15-23-9-11-28-12-10-23/h3-4,13H,5-12,14-15H2,1-2H3,(H,21,25). The summed E-state index contributed by atoms with van der Waals surface area (Å²) in [4.78, 5) is 31.0. The molecule has 154 valence electrons. The molecular formula is C20H30N4O4. The molecule has 1 aromatic rings. The van der Waals surface area contributed by atoms with Gasteiger partial charge >= 0.3 is 0 Å². The highest BCUT2D eigenvalue weighted by Crippen LogP contribution is 2.25. The van der Waals surface area contributed by atoms with Crippen molar-refractivity contribution in [3.8, 4) is 5.75 Å². The van der Waals surface area contributed by atoms with E-state index >= 15 is 0 Å². The first-order valence-corrected chi connectivity index (χ1v) is 9.80. The summed E-state index contributed by atoms with van der Waals surface area (Å²) < 4.78 is 10.6. The Kier molecular flexibility index (Phi) is 7.24. The van der Waals surface area contributed by atoms with E-state index in [2.05, 4.69) is 15.1 Å². The minimum absolute atomic E-state index is 0.0722.